The lowest BCUT2D eigenvalue weighted by atomic mass is 10.1. The Morgan fingerprint density at radius 1 is 1.04 bits per heavy atom. The smallest absolute Gasteiger partial charge is 0.255 e. The summed E-state index contributed by atoms with van der Waals surface area (Å²) in [5.74, 6) is 0.921. The van der Waals surface area contributed by atoms with Gasteiger partial charge >= 0.3 is 0 Å². The molecule has 0 aliphatic rings. The van der Waals surface area contributed by atoms with Gasteiger partial charge in [-0.1, -0.05) is 23.7 Å². The number of hydrogen-bond acceptors (Lipinski definition) is 4. The van der Waals surface area contributed by atoms with Gasteiger partial charge in [0, 0.05) is 5.02 Å². The first-order chi connectivity index (χ1) is 11.5. The van der Waals surface area contributed by atoms with Crippen molar-refractivity contribution in [2.24, 2.45) is 0 Å². The van der Waals surface area contributed by atoms with Crippen LogP contribution in [0.25, 0.3) is 0 Å². The molecule has 2 aromatic carbocycles. The quantitative estimate of drug-likeness (QED) is 0.860. The molecule has 0 saturated heterocycles. The first-order valence-corrected chi connectivity index (χ1v) is 7.74. The Labute approximate surface area is 146 Å². The van der Waals surface area contributed by atoms with Gasteiger partial charge in [-0.15, -0.1) is 0 Å². The molecule has 2 rings (SSSR count). The normalized spacial score (nSPS) is 11.5. The third-order valence-corrected chi connectivity index (χ3v) is 3.88. The molecule has 1 atom stereocenters. The first-order valence-electron chi connectivity index (χ1n) is 7.37. The number of methoxy groups -OCH3 is 3. The number of carbonyl (C=O) groups is 1. The molecule has 1 unspecified atom stereocenters. The molecule has 5 nitrogen and oxygen atoms in total. The Bertz CT molecular complexity index is 733. The topological polar surface area (TPSA) is 56.8 Å². The van der Waals surface area contributed by atoms with Crippen molar-refractivity contribution in [3.8, 4) is 17.2 Å². The molecule has 128 valence electrons. The van der Waals surface area contributed by atoms with E-state index in [4.69, 9.17) is 25.8 Å². The Hall–Kier alpha value is -2.40. The second kappa shape index (κ2) is 7.93. The van der Waals surface area contributed by atoms with Gasteiger partial charge in [-0.2, -0.15) is 0 Å². The summed E-state index contributed by atoms with van der Waals surface area (Å²) < 4.78 is 15.9. The zero-order valence-corrected chi connectivity index (χ0v) is 14.8. The van der Waals surface area contributed by atoms with Gasteiger partial charge in [0.25, 0.3) is 5.91 Å². The van der Waals surface area contributed by atoms with Crippen molar-refractivity contribution in [3.05, 3.63) is 52.5 Å². The van der Waals surface area contributed by atoms with Crippen molar-refractivity contribution < 1.29 is 19.0 Å². The Morgan fingerprint density at radius 3 is 2.33 bits per heavy atom. The predicted octanol–water partition coefficient (Wildman–Crippen LogP) is 3.86. The van der Waals surface area contributed by atoms with Crippen LogP contribution in [-0.2, 0) is 0 Å². The largest absolute Gasteiger partial charge is 0.493 e. The number of benzene rings is 2. The third kappa shape index (κ3) is 3.74. The number of ether oxygens (including phenoxy) is 3. The summed E-state index contributed by atoms with van der Waals surface area (Å²) in [7, 11) is 4.50. The molecule has 6 heteroatoms. The number of halogens is 1. The summed E-state index contributed by atoms with van der Waals surface area (Å²) >= 11 is 6.00. The van der Waals surface area contributed by atoms with Crippen molar-refractivity contribution in [3.63, 3.8) is 0 Å². The van der Waals surface area contributed by atoms with Gasteiger partial charge < -0.3 is 19.5 Å². The van der Waals surface area contributed by atoms with Crippen LogP contribution in [0.4, 0.5) is 0 Å². The van der Waals surface area contributed by atoms with Crippen LogP contribution in [-0.4, -0.2) is 27.2 Å². The molecule has 0 aliphatic carbocycles. The fraction of sp³-hybridized carbons (Fsp3) is 0.278. The Kier molecular flexibility index (Phi) is 5.93. The van der Waals surface area contributed by atoms with Gasteiger partial charge in [-0.3, -0.25) is 4.79 Å². The maximum Gasteiger partial charge on any atom is 0.255 e. The van der Waals surface area contributed by atoms with Gasteiger partial charge in [0.05, 0.1) is 32.9 Å². The molecule has 0 radical (unpaired) electrons. The highest BCUT2D eigenvalue weighted by atomic mass is 35.5. The first kappa shape index (κ1) is 17.9. The number of amides is 1. The molecule has 0 aliphatic heterocycles. The Balaban J connectivity index is 2.29. The molecule has 24 heavy (non-hydrogen) atoms. The number of rotatable bonds is 6. The van der Waals surface area contributed by atoms with Crippen molar-refractivity contribution in [2.45, 2.75) is 13.0 Å². The van der Waals surface area contributed by atoms with Crippen LogP contribution in [0.5, 0.6) is 17.2 Å². The lowest BCUT2D eigenvalue weighted by molar-refractivity contribution is 0.0936. The lowest BCUT2D eigenvalue weighted by Gasteiger charge is -2.18. The minimum atomic E-state index is -0.278. The van der Waals surface area contributed by atoms with E-state index in [1.807, 2.05) is 25.1 Å². The highest BCUT2D eigenvalue weighted by Gasteiger charge is 2.22. The maximum absolute atomic E-state index is 12.6. The number of carbonyl (C=O) groups excluding carboxylic acids is 1. The molecule has 0 aromatic heterocycles. The third-order valence-electron chi connectivity index (χ3n) is 3.65. The molecule has 2 aromatic rings. The lowest BCUT2D eigenvalue weighted by Crippen LogP contribution is -2.27. The molecule has 0 bridgehead atoms. The average Bonchev–Trinajstić information content (AvgIpc) is 2.59. The monoisotopic (exact) mass is 349 g/mol. The summed E-state index contributed by atoms with van der Waals surface area (Å²) in [4.78, 5) is 12.6. The van der Waals surface area contributed by atoms with Gasteiger partial charge in [-0.05, 0) is 36.8 Å². The summed E-state index contributed by atoms with van der Waals surface area (Å²) in [5.41, 5.74) is 1.28. The standard InChI is InChI=1S/C18H20ClNO4/c1-11(12-6-5-7-13(19)10-12)20-18(21)14-8-9-15(22-2)17(24-4)16(14)23-3/h5-11H,1-4H3,(H,20,21). The van der Waals surface area contributed by atoms with E-state index in [2.05, 4.69) is 5.32 Å². The van der Waals surface area contributed by atoms with Crippen molar-refractivity contribution in [1.82, 2.24) is 5.32 Å². The summed E-state index contributed by atoms with van der Waals surface area (Å²) in [6.07, 6.45) is 0. The van der Waals surface area contributed by atoms with Crippen molar-refractivity contribution in [1.29, 1.82) is 0 Å². The summed E-state index contributed by atoms with van der Waals surface area (Å²) in [6, 6.07) is 10.4. The Morgan fingerprint density at radius 2 is 1.75 bits per heavy atom. The maximum atomic E-state index is 12.6. The van der Waals surface area contributed by atoms with Crippen LogP contribution in [0.15, 0.2) is 36.4 Å². The van der Waals surface area contributed by atoms with Crippen molar-refractivity contribution in [2.75, 3.05) is 21.3 Å². The van der Waals surface area contributed by atoms with Crippen LogP contribution < -0.4 is 19.5 Å². The number of hydrogen-bond donors (Lipinski definition) is 1. The zero-order valence-electron chi connectivity index (χ0n) is 14.1. The molecular weight excluding hydrogens is 330 g/mol. The van der Waals surface area contributed by atoms with E-state index >= 15 is 0 Å². The fourth-order valence-corrected chi connectivity index (χ4v) is 2.61. The summed E-state index contributed by atoms with van der Waals surface area (Å²) in [6.45, 7) is 1.89. The van der Waals surface area contributed by atoms with E-state index in [0.29, 0.717) is 27.8 Å². The van der Waals surface area contributed by atoms with E-state index in [1.54, 1.807) is 18.2 Å². The molecule has 0 heterocycles. The van der Waals surface area contributed by atoms with E-state index in [0.717, 1.165) is 5.56 Å². The highest BCUT2D eigenvalue weighted by molar-refractivity contribution is 6.30. The van der Waals surface area contributed by atoms with Crippen LogP contribution in [0.1, 0.15) is 28.9 Å². The molecule has 1 amide bonds. The van der Waals surface area contributed by atoms with Crippen LogP contribution in [0.2, 0.25) is 5.02 Å². The van der Waals surface area contributed by atoms with Crippen LogP contribution in [0, 0.1) is 0 Å². The predicted molar refractivity (Wildman–Crippen MR) is 93.4 cm³/mol. The zero-order chi connectivity index (χ0) is 17.7. The van der Waals surface area contributed by atoms with Gasteiger partial charge in [-0.25, -0.2) is 0 Å². The van der Waals surface area contributed by atoms with E-state index in [1.165, 1.54) is 21.3 Å². The molecule has 0 saturated carbocycles. The second-order valence-corrected chi connectivity index (χ2v) is 5.57. The van der Waals surface area contributed by atoms with E-state index in [-0.39, 0.29) is 11.9 Å². The minimum absolute atomic E-state index is 0.214. The van der Waals surface area contributed by atoms with Gasteiger partial charge in [0.2, 0.25) is 5.75 Å². The molecular formula is C18H20ClNO4. The second-order valence-electron chi connectivity index (χ2n) is 5.13. The summed E-state index contributed by atoms with van der Waals surface area (Å²) in [5, 5.41) is 3.55. The average molecular weight is 350 g/mol. The van der Waals surface area contributed by atoms with Crippen molar-refractivity contribution >= 4 is 17.5 Å². The van der Waals surface area contributed by atoms with Gasteiger partial charge in [0.1, 0.15) is 0 Å². The van der Waals surface area contributed by atoms with E-state index in [9.17, 15) is 4.79 Å². The fourth-order valence-electron chi connectivity index (χ4n) is 2.41. The minimum Gasteiger partial charge on any atom is -0.493 e. The number of nitrogens with one attached hydrogen (secondary N) is 1. The molecule has 0 spiro atoms. The van der Waals surface area contributed by atoms with Gasteiger partial charge in [0.15, 0.2) is 11.5 Å². The SMILES string of the molecule is COc1ccc(C(=O)NC(C)c2cccc(Cl)c2)c(OC)c1OC. The molecule has 0 fully saturated rings. The molecule has 1 N–H and O–H groups in total. The van der Waals surface area contributed by atoms with E-state index < -0.39 is 0 Å². The van der Waals surface area contributed by atoms with Crippen LogP contribution in [0.3, 0.4) is 0 Å². The highest BCUT2D eigenvalue weighted by Crippen LogP contribution is 2.39. The van der Waals surface area contributed by atoms with Crippen LogP contribution >= 0.6 is 11.6 Å².